The standard InChI is InChI=1S/C22H25N3O2.C20H21N3O2.C14H11BrN2/c1-3-27-22(26)16-11-13-25(14-12-16)18-8-6-7-17(15-18)21-23-19-9-4-5-10-20(19)24(21)2;1-22-18-8-3-2-7-17(18)21-19(22)15-5-4-6-16(13-15)23-11-9-14(10-12-23)20(24)25;1-17-13-8-3-2-7-12(13)16-14(17)10-5-4-6-11(15)9-10/h4-10,15-16H,3,11-14H2,1-2H3;2-8,13-14H,9-12H2,1H3,(H,24,25);2-9H,1H3. The van der Waals surface area contributed by atoms with E-state index in [1.54, 1.807) is 0 Å². The molecule has 2 aliphatic rings. The van der Waals surface area contributed by atoms with Crippen LogP contribution in [0.15, 0.2) is 150 Å². The number of imidazole rings is 3. The van der Waals surface area contributed by atoms with Gasteiger partial charge in [0, 0.05) is 79.9 Å². The highest BCUT2D eigenvalue weighted by atomic mass is 79.9. The second-order valence-electron chi connectivity index (χ2n) is 17.7. The topological polar surface area (TPSA) is 124 Å². The number of fused-ring (bicyclic) bond motifs is 3. The van der Waals surface area contributed by atoms with Crippen molar-refractivity contribution >= 4 is 72.3 Å². The number of halogens is 1. The molecule has 11 rings (SSSR count). The number of hydrogen-bond acceptors (Lipinski definition) is 8. The molecule has 0 aliphatic carbocycles. The third kappa shape index (κ3) is 10.3. The molecule has 2 saturated heterocycles. The van der Waals surface area contributed by atoms with Crippen molar-refractivity contribution in [3.05, 3.63) is 150 Å². The SMILES string of the molecule is CCOC(=O)C1CCN(c2cccc(-c3nc4ccccc4n3C)c2)CC1.Cn1c(-c2cccc(Br)c2)nc2ccccc21.Cn1c(-c2cccc(N3CCC(C(=O)O)CC3)c2)nc2ccccc21. The van der Waals surface area contributed by atoms with Gasteiger partial charge in [-0.1, -0.05) is 88.7 Å². The number of carboxylic acid groups (broad SMARTS) is 1. The number of piperidine rings is 2. The van der Waals surface area contributed by atoms with Crippen molar-refractivity contribution in [3.8, 4) is 34.2 Å². The van der Waals surface area contributed by atoms with Crippen molar-refractivity contribution in [1.29, 1.82) is 0 Å². The Kier molecular flexibility index (Phi) is 14.2. The molecule has 69 heavy (non-hydrogen) atoms. The first-order valence-corrected chi connectivity index (χ1v) is 24.5. The highest BCUT2D eigenvalue weighted by Crippen LogP contribution is 2.32. The van der Waals surface area contributed by atoms with Crippen molar-refractivity contribution in [2.45, 2.75) is 32.6 Å². The Morgan fingerprint density at radius 2 is 0.913 bits per heavy atom. The van der Waals surface area contributed by atoms with E-state index in [0.29, 0.717) is 19.4 Å². The van der Waals surface area contributed by atoms with Gasteiger partial charge in [0.05, 0.1) is 51.5 Å². The molecule has 2 fully saturated rings. The lowest BCUT2D eigenvalue weighted by Crippen LogP contribution is -2.36. The predicted molar refractivity (Wildman–Crippen MR) is 280 cm³/mol. The van der Waals surface area contributed by atoms with E-state index in [1.165, 1.54) is 5.69 Å². The van der Waals surface area contributed by atoms with Crippen molar-refractivity contribution in [1.82, 2.24) is 28.7 Å². The minimum absolute atomic E-state index is 0.0317. The van der Waals surface area contributed by atoms with Gasteiger partial charge < -0.3 is 33.3 Å². The fraction of sp³-hybridized carbons (Fsp3) is 0.268. The van der Waals surface area contributed by atoms with E-state index in [0.717, 1.165) is 116 Å². The van der Waals surface area contributed by atoms with E-state index in [2.05, 4.69) is 124 Å². The Bertz CT molecular complexity index is 3250. The normalized spacial score (nSPS) is 14.3. The molecular weight excluding hydrogens is 929 g/mol. The van der Waals surface area contributed by atoms with Crippen LogP contribution in [0.3, 0.4) is 0 Å². The molecule has 352 valence electrons. The molecule has 5 heterocycles. The second-order valence-corrected chi connectivity index (χ2v) is 18.6. The number of carbonyl (C=O) groups is 2. The molecular formula is C56H57BrN8O4. The van der Waals surface area contributed by atoms with Gasteiger partial charge in [-0.2, -0.15) is 0 Å². The van der Waals surface area contributed by atoms with Crippen LogP contribution in [0, 0.1) is 11.8 Å². The van der Waals surface area contributed by atoms with Gasteiger partial charge in [-0.05, 0) is 105 Å². The Hall–Kier alpha value is -7.25. The molecule has 0 atom stereocenters. The molecule has 0 amide bonds. The number of esters is 1. The van der Waals surface area contributed by atoms with Crippen LogP contribution in [-0.4, -0.2) is 78.5 Å². The van der Waals surface area contributed by atoms with E-state index in [9.17, 15) is 9.59 Å². The first-order valence-electron chi connectivity index (χ1n) is 23.7. The number of ether oxygens (including phenoxy) is 1. The number of nitrogens with zero attached hydrogens (tertiary/aromatic N) is 8. The quantitative estimate of drug-likeness (QED) is 0.148. The molecule has 1 N–H and O–H groups in total. The van der Waals surface area contributed by atoms with Gasteiger partial charge in [0.25, 0.3) is 0 Å². The summed E-state index contributed by atoms with van der Waals surface area (Å²) in [6.07, 6.45) is 3.09. The summed E-state index contributed by atoms with van der Waals surface area (Å²) < 4.78 is 12.6. The predicted octanol–water partition coefficient (Wildman–Crippen LogP) is 11.6. The van der Waals surface area contributed by atoms with Crippen LogP contribution in [0.25, 0.3) is 67.3 Å². The van der Waals surface area contributed by atoms with Gasteiger partial charge >= 0.3 is 11.9 Å². The molecule has 13 heteroatoms. The minimum atomic E-state index is -0.673. The number of aryl methyl sites for hydroxylation is 3. The van der Waals surface area contributed by atoms with Crippen LogP contribution in [0.2, 0.25) is 0 Å². The van der Waals surface area contributed by atoms with Gasteiger partial charge in [0.15, 0.2) is 0 Å². The van der Waals surface area contributed by atoms with Gasteiger partial charge in [0.2, 0.25) is 0 Å². The molecule has 3 aromatic heterocycles. The number of aromatic nitrogens is 6. The van der Waals surface area contributed by atoms with Gasteiger partial charge in [-0.25, -0.2) is 15.0 Å². The summed E-state index contributed by atoms with van der Waals surface area (Å²) in [6.45, 7) is 5.62. The van der Waals surface area contributed by atoms with Crippen molar-refractivity contribution < 1.29 is 19.4 Å². The summed E-state index contributed by atoms with van der Waals surface area (Å²) >= 11 is 3.49. The molecule has 2 aliphatic heterocycles. The van der Waals surface area contributed by atoms with E-state index in [4.69, 9.17) is 19.8 Å². The maximum absolute atomic E-state index is 12.0. The summed E-state index contributed by atoms with van der Waals surface area (Å²) in [5.41, 5.74) is 12.1. The number of hydrogen-bond donors (Lipinski definition) is 1. The zero-order valence-electron chi connectivity index (χ0n) is 39.5. The number of benzene rings is 6. The zero-order valence-corrected chi connectivity index (χ0v) is 41.1. The summed E-state index contributed by atoms with van der Waals surface area (Å²) in [4.78, 5) is 41.9. The van der Waals surface area contributed by atoms with Crippen LogP contribution in [-0.2, 0) is 35.5 Å². The van der Waals surface area contributed by atoms with Gasteiger partial charge in [0.1, 0.15) is 17.5 Å². The fourth-order valence-corrected chi connectivity index (χ4v) is 9.94. The Morgan fingerprint density at radius 3 is 1.29 bits per heavy atom. The highest BCUT2D eigenvalue weighted by Gasteiger charge is 2.27. The van der Waals surface area contributed by atoms with Crippen LogP contribution < -0.4 is 9.80 Å². The van der Waals surface area contributed by atoms with Crippen LogP contribution in [0.5, 0.6) is 0 Å². The lowest BCUT2D eigenvalue weighted by Gasteiger charge is -2.32. The summed E-state index contributed by atoms with van der Waals surface area (Å²) in [7, 11) is 6.14. The maximum atomic E-state index is 12.0. The average Bonchev–Trinajstić information content (AvgIpc) is 4.04. The Morgan fingerprint density at radius 1 is 0.536 bits per heavy atom. The minimum Gasteiger partial charge on any atom is -0.481 e. The van der Waals surface area contributed by atoms with E-state index in [1.807, 2.05) is 93.8 Å². The molecule has 0 radical (unpaired) electrons. The zero-order chi connectivity index (χ0) is 48.0. The molecule has 0 spiro atoms. The number of anilines is 2. The largest absolute Gasteiger partial charge is 0.481 e. The summed E-state index contributed by atoms with van der Waals surface area (Å²) in [5.74, 6) is 2.01. The summed E-state index contributed by atoms with van der Waals surface area (Å²) in [5, 5.41) is 9.16. The van der Waals surface area contributed by atoms with E-state index < -0.39 is 5.97 Å². The van der Waals surface area contributed by atoms with E-state index >= 15 is 0 Å². The van der Waals surface area contributed by atoms with Gasteiger partial charge in [-0.15, -0.1) is 0 Å². The lowest BCUT2D eigenvalue weighted by molar-refractivity contribution is -0.148. The van der Waals surface area contributed by atoms with Crippen LogP contribution >= 0.6 is 15.9 Å². The Labute approximate surface area is 411 Å². The number of aliphatic carboxylic acids is 1. The van der Waals surface area contributed by atoms with Gasteiger partial charge in [-0.3, -0.25) is 9.59 Å². The number of rotatable bonds is 8. The first-order chi connectivity index (χ1) is 33.6. The Balaban J connectivity index is 0.000000132. The molecule has 6 aromatic carbocycles. The highest BCUT2D eigenvalue weighted by molar-refractivity contribution is 9.10. The van der Waals surface area contributed by atoms with Crippen molar-refractivity contribution in [2.75, 3.05) is 42.6 Å². The number of para-hydroxylation sites is 6. The third-order valence-electron chi connectivity index (χ3n) is 13.3. The average molecular weight is 986 g/mol. The van der Waals surface area contributed by atoms with Crippen molar-refractivity contribution in [2.24, 2.45) is 33.0 Å². The smallest absolute Gasteiger partial charge is 0.309 e. The fourth-order valence-electron chi connectivity index (χ4n) is 9.54. The molecule has 0 saturated carbocycles. The van der Waals surface area contributed by atoms with Crippen LogP contribution in [0.4, 0.5) is 11.4 Å². The summed E-state index contributed by atoms with van der Waals surface area (Å²) in [6, 6.07) is 49.6. The van der Waals surface area contributed by atoms with Crippen molar-refractivity contribution in [3.63, 3.8) is 0 Å². The molecule has 9 aromatic rings. The van der Waals surface area contributed by atoms with E-state index in [-0.39, 0.29) is 17.8 Å². The number of carbonyl (C=O) groups excluding carboxylic acids is 1. The molecule has 12 nitrogen and oxygen atoms in total. The second kappa shape index (κ2) is 20.9. The maximum Gasteiger partial charge on any atom is 0.309 e. The lowest BCUT2D eigenvalue weighted by atomic mass is 9.96. The first kappa shape index (κ1) is 46.8. The molecule has 0 bridgehead atoms. The third-order valence-corrected chi connectivity index (χ3v) is 13.8. The molecule has 0 unspecified atom stereocenters. The number of carboxylic acids is 1. The van der Waals surface area contributed by atoms with Crippen LogP contribution in [0.1, 0.15) is 32.6 Å². The monoisotopic (exact) mass is 984 g/mol.